The number of fused-ring (bicyclic) bond motifs is 1. The molecule has 0 atom stereocenters. The van der Waals surface area contributed by atoms with Gasteiger partial charge in [-0.25, -0.2) is 14.5 Å². The van der Waals surface area contributed by atoms with Crippen LogP contribution in [-0.4, -0.2) is 51.9 Å². The third-order valence-corrected chi connectivity index (χ3v) is 4.73. The standard InChI is InChI=1S/C18H22N6O2/c1-18(2)5-7-23(11-18)15-14-9-13(22-24(14)8-6-19-15)12-10-20-17(26-4)21-16(12)25-3/h6,8-10H,5,7,11H2,1-4H3. The Morgan fingerprint density at radius 2 is 2.00 bits per heavy atom. The Morgan fingerprint density at radius 1 is 1.15 bits per heavy atom. The van der Waals surface area contributed by atoms with Crippen LogP contribution in [0.3, 0.4) is 0 Å². The summed E-state index contributed by atoms with van der Waals surface area (Å²) < 4.78 is 12.3. The Kier molecular flexibility index (Phi) is 3.90. The number of aromatic nitrogens is 5. The molecule has 8 nitrogen and oxygen atoms in total. The third-order valence-electron chi connectivity index (χ3n) is 4.73. The third kappa shape index (κ3) is 2.81. The molecule has 0 N–H and O–H groups in total. The summed E-state index contributed by atoms with van der Waals surface area (Å²) in [5, 5.41) is 4.66. The molecule has 3 aromatic rings. The van der Waals surface area contributed by atoms with E-state index in [2.05, 4.69) is 38.8 Å². The van der Waals surface area contributed by atoms with E-state index in [1.165, 1.54) is 7.11 Å². The van der Waals surface area contributed by atoms with Gasteiger partial charge in [0.25, 0.3) is 0 Å². The molecular formula is C18H22N6O2. The lowest BCUT2D eigenvalue weighted by Crippen LogP contribution is -2.24. The first-order valence-electron chi connectivity index (χ1n) is 8.55. The second kappa shape index (κ2) is 6.12. The van der Waals surface area contributed by atoms with Gasteiger partial charge in [0, 0.05) is 31.7 Å². The lowest BCUT2D eigenvalue weighted by Gasteiger charge is -2.21. The van der Waals surface area contributed by atoms with Crippen LogP contribution in [0.2, 0.25) is 0 Å². The predicted molar refractivity (Wildman–Crippen MR) is 97.7 cm³/mol. The van der Waals surface area contributed by atoms with E-state index in [-0.39, 0.29) is 6.01 Å². The molecule has 1 saturated heterocycles. The van der Waals surface area contributed by atoms with Crippen LogP contribution >= 0.6 is 0 Å². The first-order valence-corrected chi connectivity index (χ1v) is 8.55. The summed E-state index contributed by atoms with van der Waals surface area (Å²) in [5.41, 5.74) is 2.70. The Bertz CT molecular complexity index is 952. The largest absolute Gasteiger partial charge is 0.480 e. The molecule has 0 spiro atoms. The van der Waals surface area contributed by atoms with Crippen molar-refractivity contribution >= 4 is 11.3 Å². The zero-order valence-electron chi connectivity index (χ0n) is 15.4. The minimum absolute atomic E-state index is 0.260. The molecule has 4 heterocycles. The van der Waals surface area contributed by atoms with Gasteiger partial charge in [-0.1, -0.05) is 13.8 Å². The number of hydrogen-bond donors (Lipinski definition) is 0. The van der Waals surface area contributed by atoms with Crippen molar-refractivity contribution in [1.82, 2.24) is 24.6 Å². The van der Waals surface area contributed by atoms with E-state index in [0.717, 1.165) is 36.5 Å². The fourth-order valence-electron chi connectivity index (χ4n) is 3.36. The van der Waals surface area contributed by atoms with Crippen LogP contribution < -0.4 is 14.4 Å². The average molecular weight is 354 g/mol. The van der Waals surface area contributed by atoms with Gasteiger partial charge in [0.05, 0.1) is 19.8 Å². The molecule has 0 unspecified atom stereocenters. The van der Waals surface area contributed by atoms with Crippen LogP contribution in [0.4, 0.5) is 5.82 Å². The Hall–Kier alpha value is -2.90. The van der Waals surface area contributed by atoms with Crippen molar-refractivity contribution in [3.05, 3.63) is 24.7 Å². The maximum atomic E-state index is 5.39. The van der Waals surface area contributed by atoms with E-state index >= 15 is 0 Å². The van der Waals surface area contributed by atoms with Crippen molar-refractivity contribution in [1.29, 1.82) is 0 Å². The van der Waals surface area contributed by atoms with Crippen LogP contribution in [-0.2, 0) is 0 Å². The number of ether oxygens (including phenoxy) is 2. The van der Waals surface area contributed by atoms with E-state index < -0.39 is 0 Å². The molecule has 1 fully saturated rings. The highest BCUT2D eigenvalue weighted by Crippen LogP contribution is 2.35. The molecule has 1 aliphatic heterocycles. The molecule has 26 heavy (non-hydrogen) atoms. The summed E-state index contributed by atoms with van der Waals surface area (Å²) in [4.78, 5) is 15.4. The van der Waals surface area contributed by atoms with Crippen molar-refractivity contribution < 1.29 is 9.47 Å². The van der Waals surface area contributed by atoms with E-state index in [9.17, 15) is 0 Å². The molecule has 4 rings (SSSR count). The van der Waals surface area contributed by atoms with Gasteiger partial charge in [-0.3, -0.25) is 0 Å². The fraction of sp³-hybridized carbons (Fsp3) is 0.444. The zero-order chi connectivity index (χ0) is 18.3. The topological polar surface area (TPSA) is 77.7 Å². The Morgan fingerprint density at radius 3 is 2.69 bits per heavy atom. The molecule has 3 aromatic heterocycles. The molecular weight excluding hydrogens is 332 g/mol. The van der Waals surface area contributed by atoms with Crippen LogP contribution in [0, 0.1) is 5.41 Å². The highest BCUT2D eigenvalue weighted by Gasteiger charge is 2.31. The summed E-state index contributed by atoms with van der Waals surface area (Å²) in [6, 6.07) is 2.26. The molecule has 136 valence electrons. The highest BCUT2D eigenvalue weighted by molar-refractivity contribution is 5.76. The minimum atomic E-state index is 0.260. The lowest BCUT2D eigenvalue weighted by atomic mass is 9.93. The van der Waals surface area contributed by atoms with Gasteiger partial charge >= 0.3 is 6.01 Å². The summed E-state index contributed by atoms with van der Waals surface area (Å²) in [7, 11) is 3.09. The minimum Gasteiger partial charge on any atom is -0.480 e. The van der Waals surface area contributed by atoms with Gasteiger partial charge in [0.15, 0.2) is 5.82 Å². The van der Waals surface area contributed by atoms with Crippen molar-refractivity contribution in [3.63, 3.8) is 0 Å². The van der Waals surface area contributed by atoms with Crippen LogP contribution in [0.5, 0.6) is 11.9 Å². The molecule has 0 radical (unpaired) electrons. The lowest BCUT2D eigenvalue weighted by molar-refractivity contribution is 0.353. The molecule has 0 amide bonds. The predicted octanol–water partition coefficient (Wildman–Crippen LogP) is 2.44. The number of anilines is 1. The molecule has 0 aliphatic carbocycles. The Labute approximate surface area is 151 Å². The average Bonchev–Trinajstić information content (AvgIpc) is 3.23. The van der Waals surface area contributed by atoms with Crippen molar-refractivity contribution in [2.75, 3.05) is 32.2 Å². The zero-order valence-corrected chi connectivity index (χ0v) is 15.4. The molecule has 1 aliphatic rings. The summed E-state index contributed by atoms with van der Waals surface area (Å²) in [5.74, 6) is 1.38. The van der Waals surface area contributed by atoms with Crippen molar-refractivity contribution in [3.8, 4) is 23.1 Å². The second-order valence-electron chi connectivity index (χ2n) is 7.23. The van der Waals surface area contributed by atoms with E-state index in [0.29, 0.717) is 16.9 Å². The van der Waals surface area contributed by atoms with Crippen LogP contribution in [0.15, 0.2) is 24.7 Å². The van der Waals surface area contributed by atoms with E-state index in [4.69, 9.17) is 9.47 Å². The van der Waals surface area contributed by atoms with Gasteiger partial charge in [-0.15, -0.1) is 0 Å². The molecule has 0 aromatic carbocycles. The second-order valence-corrected chi connectivity index (χ2v) is 7.23. The summed E-state index contributed by atoms with van der Waals surface area (Å²) >= 11 is 0. The number of hydrogen-bond acceptors (Lipinski definition) is 7. The molecule has 0 saturated carbocycles. The smallest absolute Gasteiger partial charge is 0.319 e. The van der Waals surface area contributed by atoms with Crippen LogP contribution in [0.1, 0.15) is 20.3 Å². The first kappa shape index (κ1) is 16.6. The molecule has 0 bridgehead atoms. The van der Waals surface area contributed by atoms with Gasteiger partial charge in [0.2, 0.25) is 5.88 Å². The number of methoxy groups -OCH3 is 2. The van der Waals surface area contributed by atoms with Gasteiger partial charge in [0.1, 0.15) is 11.2 Å². The van der Waals surface area contributed by atoms with Gasteiger partial charge < -0.3 is 14.4 Å². The van der Waals surface area contributed by atoms with Crippen molar-refractivity contribution in [2.45, 2.75) is 20.3 Å². The maximum Gasteiger partial charge on any atom is 0.319 e. The normalized spacial score (nSPS) is 16.2. The number of nitrogens with zero attached hydrogens (tertiary/aromatic N) is 6. The quantitative estimate of drug-likeness (QED) is 0.712. The monoisotopic (exact) mass is 354 g/mol. The Balaban J connectivity index is 1.79. The number of rotatable bonds is 4. The van der Waals surface area contributed by atoms with Gasteiger partial charge in [-0.2, -0.15) is 10.1 Å². The van der Waals surface area contributed by atoms with E-state index in [1.54, 1.807) is 19.5 Å². The fourth-order valence-corrected chi connectivity index (χ4v) is 3.36. The van der Waals surface area contributed by atoms with Crippen molar-refractivity contribution in [2.24, 2.45) is 5.41 Å². The molecule has 8 heteroatoms. The summed E-state index contributed by atoms with van der Waals surface area (Å²) in [6.45, 7) is 6.55. The first-order chi connectivity index (χ1) is 12.5. The summed E-state index contributed by atoms with van der Waals surface area (Å²) in [6.07, 6.45) is 6.45. The SMILES string of the molecule is COc1ncc(-c2cc3c(N4CCC(C)(C)C4)nccn3n2)c(OC)n1. The van der Waals surface area contributed by atoms with Crippen LogP contribution in [0.25, 0.3) is 16.8 Å². The maximum absolute atomic E-state index is 5.39. The van der Waals surface area contributed by atoms with E-state index in [1.807, 2.05) is 16.8 Å². The highest BCUT2D eigenvalue weighted by atomic mass is 16.5. The van der Waals surface area contributed by atoms with Gasteiger partial charge in [-0.05, 0) is 17.9 Å².